The molecule has 0 amide bonds. The maximum absolute atomic E-state index is 13.6. The topological polar surface area (TPSA) is 71.1 Å². The number of rotatable bonds is 5. The highest BCUT2D eigenvalue weighted by atomic mass is 32.2. The van der Waals surface area contributed by atoms with Crippen molar-refractivity contribution in [3.8, 4) is 0 Å². The Morgan fingerprint density at radius 2 is 1.80 bits per heavy atom. The van der Waals surface area contributed by atoms with E-state index in [1.807, 2.05) is 13.0 Å². The first-order valence-corrected chi connectivity index (χ1v) is 8.99. The third-order valence-electron chi connectivity index (χ3n) is 3.45. The molecule has 0 atom stereocenters. The van der Waals surface area contributed by atoms with Gasteiger partial charge >= 0.3 is 0 Å². The predicted octanol–water partition coefficient (Wildman–Crippen LogP) is 4.07. The number of halogens is 1. The highest BCUT2D eigenvalue weighted by molar-refractivity contribution is 7.92. The Balaban J connectivity index is 1.75. The quantitative estimate of drug-likeness (QED) is 0.722. The molecule has 0 aliphatic rings. The van der Waals surface area contributed by atoms with Crippen LogP contribution in [-0.4, -0.2) is 13.4 Å². The summed E-state index contributed by atoms with van der Waals surface area (Å²) in [5.74, 6) is 0.0112. The summed E-state index contributed by atoms with van der Waals surface area (Å²) in [4.78, 5) is 4.29. The summed E-state index contributed by atoms with van der Waals surface area (Å²) in [6.07, 6.45) is 1.37. The first-order chi connectivity index (χ1) is 11.9. The van der Waals surface area contributed by atoms with Gasteiger partial charge in [-0.05, 0) is 48.9 Å². The molecule has 2 N–H and O–H groups in total. The predicted molar refractivity (Wildman–Crippen MR) is 95.9 cm³/mol. The van der Waals surface area contributed by atoms with Gasteiger partial charge in [0.05, 0.1) is 22.5 Å². The van der Waals surface area contributed by atoms with Crippen LogP contribution in [0.15, 0.2) is 71.8 Å². The molecule has 2 aromatic carbocycles. The third-order valence-corrected chi connectivity index (χ3v) is 4.83. The van der Waals surface area contributed by atoms with Crippen molar-refractivity contribution in [1.82, 2.24) is 4.98 Å². The van der Waals surface area contributed by atoms with Gasteiger partial charge in [-0.25, -0.2) is 17.8 Å². The summed E-state index contributed by atoms with van der Waals surface area (Å²) >= 11 is 0. The lowest BCUT2D eigenvalue weighted by atomic mass is 10.2. The maximum Gasteiger partial charge on any atom is 0.261 e. The van der Waals surface area contributed by atoms with Gasteiger partial charge in [0.15, 0.2) is 0 Å². The molecule has 0 unspecified atom stereocenters. The molecule has 1 aromatic heterocycles. The zero-order valence-electron chi connectivity index (χ0n) is 13.4. The van der Waals surface area contributed by atoms with Gasteiger partial charge in [0.25, 0.3) is 10.0 Å². The molecule has 0 aliphatic heterocycles. The number of nitrogens with zero attached hydrogens (tertiary/aromatic N) is 1. The van der Waals surface area contributed by atoms with Crippen molar-refractivity contribution in [2.24, 2.45) is 0 Å². The Labute approximate surface area is 145 Å². The van der Waals surface area contributed by atoms with Gasteiger partial charge in [-0.3, -0.25) is 4.72 Å². The minimum atomic E-state index is -3.68. The minimum absolute atomic E-state index is 0.182. The molecular formula is C18H16FN3O2S. The second-order valence-corrected chi connectivity index (χ2v) is 7.14. The van der Waals surface area contributed by atoms with Crippen molar-refractivity contribution in [2.75, 3.05) is 10.0 Å². The molecule has 3 aromatic rings. The molecule has 0 aliphatic carbocycles. The second kappa shape index (κ2) is 6.90. The molecular weight excluding hydrogens is 341 g/mol. The standard InChI is InChI=1S/C18H16FN3O2S/c1-13-5-4-6-15(11-13)25(23,24)22-14-9-10-18(20-12-14)21-17-8-3-2-7-16(17)19/h2-12,22H,1H3,(H,20,21). The van der Waals surface area contributed by atoms with E-state index in [0.717, 1.165) is 5.56 Å². The SMILES string of the molecule is Cc1cccc(S(=O)(=O)Nc2ccc(Nc3ccccc3F)nc2)c1. The maximum atomic E-state index is 13.6. The van der Waals surface area contributed by atoms with Crippen LogP contribution >= 0.6 is 0 Å². The van der Waals surface area contributed by atoms with Crippen molar-refractivity contribution < 1.29 is 12.8 Å². The Bertz CT molecular complexity index is 989. The summed E-state index contributed by atoms with van der Waals surface area (Å²) < 4.78 is 40.8. The molecule has 128 valence electrons. The van der Waals surface area contributed by atoms with E-state index in [1.165, 1.54) is 18.3 Å². The van der Waals surface area contributed by atoms with Gasteiger partial charge in [-0.2, -0.15) is 0 Å². The van der Waals surface area contributed by atoms with Crippen molar-refractivity contribution in [3.05, 3.63) is 78.2 Å². The molecule has 0 saturated heterocycles. The number of hydrogen-bond donors (Lipinski definition) is 2. The van der Waals surface area contributed by atoms with Crippen LogP contribution in [0.3, 0.4) is 0 Å². The molecule has 1 heterocycles. The number of nitrogens with one attached hydrogen (secondary N) is 2. The minimum Gasteiger partial charge on any atom is -0.338 e. The number of pyridine rings is 1. The van der Waals surface area contributed by atoms with E-state index in [-0.39, 0.29) is 4.90 Å². The largest absolute Gasteiger partial charge is 0.338 e. The Hall–Kier alpha value is -2.93. The van der Waals surface area contributed by atoms with Crippen LogP contribution in [0.4, 0.5) is 21.6 Å². The molecule has 5 nitrogen and oxygen atoms in total. The molecule has 3 rings (SSSR count). The van der Waals surface area contributed by atoms with E-state index >= 15 is 0 Å². The summed E-state index contributed by atoms with van der Waals surface area (Å²) in [7, 11) is -3.68. The highest BCUT2D eigenvalue weighted by Gasteiger charge is 2.14. The average molecular weight is 357 g/mol. The zero-order chi connectivity index (χ0) is 17.9. The van der Waals surface area contributed by atoms with E-state index in [1.54, 1.807) is 42.5 Å². The average Bonchev–Trinajstić information content (AvgIpc) is 2.58. The van der Waals surface area contributed by atoms with Crippen molar-refractivity contribution in [1.29, 1.82) is 0 Å². The van der Waals surface area contributed by atoms with Crippen molar-refractivity contribution >= 4 is 27.2 Å². The van der Waals surface area contributed by atoms with E-state index < -0.39 is 15.8 Å². The fraction of sp³-hybridized carbons (Fsp3) is 0.0556. The monoisotopic (exact) mass is 357 g/mol. The van der Waals surface area contributed by atoms with Crippen LogP contribution in [0.5, 0.6) is 0 Å². The van der Waals surface area contributed by atoms with E-state index in [0.29, 0.717) is 17.2 Å². The molecule has 7 heteroatoms. The lowest BCUT2D eigenvalue weighted by Gasteiger charge is -2.10. The van der Waals surface area contributed by atoms with Gasteiger partial charge in [-0.1, -0.05) is 24.3 Å². The van der Waals surface area contributed by atoms with Gasteiger partial charge < -0.3 is 5.32 Å². The van der Waals surface area contributed by atoms with E-state index in [4.69, 9.17) is 0 Å². The number of hydrogen-bond acceptors (Lipinski definition) is 4. The number of aromatic nitrogens is 1. The molecule has 0 saturated carbocycles. The van der Waals surface area contributed by atoms with Crippen LogP contribution in [0, 0.1) is 12.7 Å². The highest BCUT2D eigenvalue weighted by Crippen LogP contribution is 2.20. The van der Waals surface area contributed by atoms with Gasteiger partial charge in [-0.15, -0.1) is 0 Å². The Morgan fingerprint density at radius 3 is 2.48 bits per heavy atom. The van der Waals surface area contributed by atoms with Gasteiger partial charge in [0.2, 0.25) is 0 Å². The zero-order valence-corrected chi connectivity index (χ0v) is 14.2. The van der Waals surface area contributed by atoms with Crippen LogP contribution in [-0.2, 0) is 10.0 Å². The lowest BCUT2D eigenvalue weighted by molar-refractivity contribution is 0.601. The Kier molecular flexibility index (Phi) is 4.67. The van der Waals surface area contributed by atoms with Crippen LogP contribution in [0.2, 0.25) is 0 Å². The molecule has 0 bridgehead atoms. The van der Waals surface area contributed by atoms with Gasteiger partial charge in [0.1, 0.15) is 11.6 Å². The molecule has 0 radical (unpaired) electrons. The van der Waals surface area contributed by atoms with Crippen LogP contribution < -0.4 is 10.0 Å². The fourth-order valence-electron chi connectivity index (χ4n) is 2.23. The lowest BCUT2D eigenvalue weighted by Crippen LogP contribution is -2.13. The number of aryl methyl sites for hydroxylation is 1. The number of anilines is 3. The molecule has 25 heavy (non-hydrogen) atoms. The normalized spacial score (nSPS) is 11.1. The summed E-state index contributed by atoms with van der Waals surface area (Å²) in [5, 5.41) is 2.84. The fourth-order valence-corrected chi connectivity index (χ4v) is 3.37. The van der Waals surface area contributed by atoms with Crippen molar-refractivity contribution in [2.45, 2.75) is 11.8 Å². The molecule has 0 fully saturated rings. The summed E-state index contributed by atoms with van der Waals surface area (Å²) in [5.41, 5.74) is 1.47. The van der Waals surface area contributed by atoms with E-state index in [9.17, 15) is 12.8 Å². The smallest absolute Gasteiger partial charge is 0.261 e. The first kappa shape index (κ1) is 16.9. The second-order valence-electron chi connectivity index (χ2n) is 5.46. The number of sulfonamides is 1. The molecule has 0 spiro atoms. The summed E-state index contributed by atoms with van der Waals surface area (Å²) in [6.45, 7) is 1.82. The van der Waals surface area contributed by atoms with Crippen LogP contribution in [0.25, 0.3) is 0 Å². The third kappa shape index (κ3) is 4.13. The summed E-state index contributed by atoms with van der Waals surface area (Å²) in [6, 6.07) is 16.0. The van der Waals surface area contributed by atoms with E-state index in [2.05, 4.69) is 15.0 Å². The number of para-hydroxylation sites is 1. The number of benzene rings is 2. The first-order valence-electron chi connectivity index (χ1n) is 7.51. The Morgan fingerprint density at radius 1 is 1.00 bits per heavy atom. The van der Waals surface area contributed by atoms with Gasteiger partial charge in [0, 0.05) is 0 Å². The van der Waals surface area contributed by atoms with Crippen molar-refractivity contribution in [3.63, 3.8) is 0 Å². The van der Waals surface area contributed by atoms with Crippen LogP contribution in [0.1, 0.15) is 5.56 Å².